The summed E-state index contributed by atoms with van der Waals surface area (Å²) in [6.07, 6.45) is 0. The summed E-state index contributed by atoms with van der Waals surface area (Å²) >= 11 is 0. The lowest BCUT2D eigenvalue weighted by atomic mass is 10.2. The molecule has 120 valence electrons. The molecule has 7 nitrogen and oxygen atoms in total. The van der Waals surface area contributed by atoms with Crippen LogP contribution in [0.5, 0.6) is 0 Å². The number of hydrogen-bond donors (Lipinski definition) is 3. The van der Waals surface area contributed by atoms with Crippen LogP contribution in [0.25, 0.3) is 11.2 Å². The van der Waals surface area contributed by atoms with Crippen LogP contribution in [0.4, 0.5) is 5.95 Å². The van der Waals surface area contributed by atoms with E-state index >= 15 is 0 Å². The van der Waals surface area contributed by atoms with Crippen molar-refractivity contribution in [3.8, 4) is 0 Å². The van der Waals surface area contributed by atoms with Crippen LogP contribution in [0.2, 0.25) is 0 Å². The molecule has 0 saturated carbocycles. The molecule has 0 amide bonds. The number of fused-ring (bicyclic) bond motifs is 1. The van der Waals surface area contributed by atoms with Gasteiger partial charge in [0.25, 0.3) is 5.56 Å². The number of anilines is 1. The summed E-state index contributed by atoms with van der Waals surface area (Å²) in [6.45, 7) is 4.60. The minimum Gasteiger partial charge on any atom is -0.273 e. The predicted octanol–water partition coefficient (Wildman–Crippen LogP) is 1.04. The quantitative estimate of drug-likeness (QED) is 0.629. The molecule has 0 aliphatic carbocycles. The molecule has 0 spiro atoms. The lowest BCUT2D eigenvalue weighted by molar-refractivity contribution is -0.678. The van der Waals surface area contributed by atoms with Crippen molar-refractivity contribution in [1.29, 1.82) is 0 Å². The number of nitrogens with zero attached hydrogens (tertiary/aromatic N) is 2. The smallest absolute Gasteiger partial charge is 0.273 e. The van der Waals surface area contributed by atoms with Gasteiger partial charge in [0, 0.05) is 7.05 Å². The zero-order valence-electron chi connectivity index (χ0n) is 13.4. The van der Waals surface area contributed by atoms with Crippen LogP contribution in [0.15, 0.2) is 39.9 Å². The molecule has 23 heavy (non-hydrogen) atoms. The van der Waals surface area contributed by atoms with Gasteiger partial charge in [-0.3, -0.25) is 19.7 Å². The molecule has 2 aromatic heterocycles. The second kappa shape index (κ2) is 5.75. The van der Waals surface area contributed by atoms with Crippen LogP contribution in [0, 0.1) is 0 Å². The van der Waals surface area contributed by atoms with Gasteiger partial charge in [-0.15, -0.1) is 0 Å². The van der Waals surface area contributed by atoms with Crippen molar-refractivity contribution in [2.24, 2.45) is 7.05 Å². The number of aromatic nitrogens is 4. The fraction of sp³-hybridized carbons (Fsp3) is 0.312. The average Bonchev–Trinajstić information content (AvgIpc) is 2.92. The summed E-state index contributed by atoms with van der Waals surface area (Å²) in [7, 11) is 1.63. The Morgan fingerprint density at radius 1 is 1.17 bits per heavy atom. The second-order valence-corrected chi connectivity index (χ2v) is 5.79. The van der Waals surface area contributed by atoms with E-state index in [2.05, 4.69) is 15.3 Å². The lowest BCUT2D eigenvalue weighted by Crippen LogP contribution is -2.43. The standard InChI is InChI=1S/C16H19N5O2/c1-10(2)21-12-13(20(3)16(23)19-14(12)22)18-15(21)17-9-11-7-5-4-6-8-11/h4-8,10H,9H2,1-3H3,(H2,17,18,19,22,23)/p+1. The van der Waals surface area contributed by atoms with Gasteiger partial charge in [0.2, 0.25) is 11.2 Å². The molecule has 0 fully saturated rings. The van der Waals surface area contributed by atoms with Gasteiger partial charge in [0.1, 0.15) is 0 Å². The number of hydrogen-bond acceptors (Lipinski definition) is 3. The van der Waals surface area contributed by atoms with E-state index in [1.54, 1.807) is 7.05 Å². The minimum absolute atomic E-state index is 0.0561. The Morgan fingerprint density at radius 3 is 2.52 bits per heavy atom. The monoisotopic (exact) mass is 314 g/mol. The fourth-order valence-corrected chi connectivity index (χ4v) is 2.69. The Kier molecular flexibility index (Phi) is 3.77. The van der Waals surface area contributed by atoms with Gasteiger partial charge in [0.15, 0.2) is 0 Å². The van der Waals surface area contributed by atoms with Crippen LogP contribution in [-0.4, -0.2) is 14.5 Å². The van der Waals surface area contributed by atoms with Crippen LogP contribution >= 0.6 is 0 Å². The zero-order chi connectivity index (χ0) is 16.6. The molecule has 7 heteroatoms. The molecule has 3 N–H and O–H groups in total. The van der Waals surface area contributed by atoms with Gasteiger partial charge in [-0.05, 0) is 19.4 Å². The van der Waals surface area contributed by atoms with E-state index in [9.17, 15) is 9.59 Å². The Bertz CT molecular complexity index is 950. The first kappa shape index (κ1) is 15.1. The molecule has 3 aromatic rings. The van der Waals surface area contributed by atoms with E-state index in [0.717, 1.165) is 5.56 Å². The molecular weight excluding hydrogens is 294 g/mol. The molecular formula is C16H20N5O2+. The number of imidazole rings is 1. The van der Waals surface area contributed by atoms with Gasteiger partial charge in [0.05, 0.1) is 12.6 Å². The average molecular weight is 314 g/mol. The third-order valence-electron chi connectivity index (χ3n) is 3.84. The molecule has 2 heterocycles. The van der Waals surface area contributed by atoms with E-state index in [0.29, 0.717) is 23.7 Å². The maximum atomic E-state index is 12.2. The first-order valence-electron chi connectivity index (χ1n) is 7.53. The molecule has 0 bridgehead atoms. The van der Waals surface area contributed by atoms with Crippen LogP contribution in [-0.2, 0) is 13.6 Å². The van der Waals surface area contributed by atoms with Crippen molar-refractivity contribution in [1.82, 2.24) is 14.5 Å². The Labute approximate surface area is 132 Å². The van der Waals surface area contributed by atoms with Gasteiger partial charge in [-0.2, -0.15) is 0 Å². The van der Waals surface area contributed by atoms with E-state index in [-0.39, 0.29) is 11.6 Å². The molecule has 3 rings (SSSR count). The number of H-pyrrole nitrogens is 2. The van der Waals surface area contributed by atoms with Crippen molar-refractivity contribution >= 4 is 17.1 Å². The zero-order valence-corrected chi connectivity index (χ0v) is 13.4. The number of aromatic amines is 2. The highest BCUT2D eigenvalue weighted by Crippen LogP contribution is 2.11. The van der Waals surface area contributed by atoms with Crippen molar-refractivity contribution in [2.45, 2.75) is 26.4 Å². The van der Waals surface area contributed by atoms with Crippen LogP contribution in [0.3, 0.4) is 0 Å². The molecule has 1 aromatic carbocycles. The first-order chi connectivity index (χ1) is 11.0. The Balaban J connectivity index is 2.11. The largest absolute Gasteiger partial charge is 0.357 e. The number of nitrogens with one attached hydrogen (secondary N) is 3. The van der Waals surface area contributed by atoms with Crippen molar-refractivity contribution in [3.63, 3.8) is 0 Å². The maximum Gasteiger partial charge on any atom is 0.357 e. The summed E-state index contributed by atoms with van der Waals surface area (Å²) in [5.41, 5.74) is 1.26. The second-order valence-electron chi connectivity index (χ2n) is 5.79. The summed E-state index contributed by atoms with van der Waals surface area (Å²) in [5, 5.41) is 3.31. The minimum atomic E-state index is -0.436. The van der Waals surface area contributed by atoms with Gasteiger partial charge >= 0.3 is 11.6 Å². The van der Waals surface area contributed by atoms with Crippen molar-refractivity contribution in [2.75, 3.05) is 5.32 Å². The van der Waals surface area contributed by atoms with E-state index in [1.165, 1.54) is 4.57 Å². The van der Waals surface area contributed by atoms with Crippen LogP contribution < -0.4 is 21.1 Å². The Hall–Kier alpha value is -2.83. The molecule has 0 saturated heterocycles. The van der Waals surface area contributed by atoms with Crippen LogP contribution in [0.1, 0.15) is 25.5 Å². The van der Waals surface area contributed by atoms with E-state index in [1.807, 2.05) is 48.7 Å². The molecule has 0 aliphatic rings. The predicted molar refractivity (Wildman–Crippen MR) is 88.5 cm³/mol. The lowest BCUT2D eigenvalue weighted by Gasteiger charge is -2.07. The normalized spacial score (nSPS) is 11.3. The molecule has 0 unspecified atom stereocenters. The molecule has 0 atom stereocenters. The summed E-state index contributed by atoms with van der Waals surface area (Å²) in [6, 6.07) is 10.0. The summed E-state index contributed by atoms with van der Waals surface area (Å²) < 4.78 is 3.28. The van der Waals surface area contributed by atoms with E-state index < -0.39 is 5.69 Å². The highest BCUT2D eigenvalue weighted by molar-refractivity contribution is 5.67. The number of benzene rings is 1. The topological polar surface area (TPSA) is 86.6 Å². The third kappa shape index (κ3) is 2.65. The first-order valence-corrected chi connectivity index (χ1v) is 7.53. The van der Waals surface area contributed by atoms with Gasteiger partial charge < -0.3 is 0 Å². The SMILES string of the molecule is CC(C)[n+]1c(NCc2ccccc2)[nH]c2c1c(=O)[nH]c(=O)n2C. The van der Waals surface area contributed by atoms with Crippen molar-refractivity contribution in [3.05, 3.63) is 56.7 Å². The fourth-order valence-electron chi connectivity index (χ4n) is 2.69. The molecule has 0 aliphatic heterocycles. The van der Waals surface area contributed by atoms with Gasteiger partial charge in [-0.1, -0.05) is 30.3 Å². The van der Waals surface area contributed by atoms with Crippen molar-refractivity contribution < 1.29 is 4.57 Å². The third-order valence-corrected chi connectivity index (χ3v) is 3.84. The number of aryl methyl sites for hydroxylation is 1. The maximum absolute atomic E-state index is 12.2. The highest BCUT2D eigenvalue weighted by Gasteiger charge is 2.24. The summed E-state index contributed by atoms with van der Waals surface area (Å²) in [4.78, 5) is 29.5. The van der Waals surface area contributed by atoms with Gasteiger partial charge in [-0.25, -0.2) is 14.3 Å². The Morgan fingerprint density at radius 2 is 1.87 bits per heavy atom. The molecule has 0 radical (unpaired) electrons. The summed E-state index contributed by atoms with van der Waals surface area (Å²) in [5.74, 6) is 0.700. The van der Waals surface area contributed by atoms with E-state index in [4.69, 9.17) is 0 Å². The highest BCUT2D eigenvalue weighted by atomic mass is 16.2. The number of rotatable bonds is 4.